The first-order valence-electron chi connectivity index (χ1n) is 9.93. The number of tetrazole rings is 1. The second-order valence-corrected chi connectivity index (χ2v) is 8.33. The number of Topliss-reactive ketones (excluding diaryl/α,β-unsaturated/α-hetero) is 1. The van der Waals surface area contributed by atoms with Crippen molar-refractivity contribution in [2.75, 3.05) is 0 Å². The summed E-state index contributed by atoms with van der Waals surface area (Å²) in [6.07, 6.45) is 3.33. The van der Waals surface area contributed by atoms with Gasteiger partial charge in [0.2, 0.25) is 0 Å². The number of fused-ring (bicyclic) bond motifs is 3. The SMILES string of the molecule is C[C@@H]1C(=O)CC[C@]2(C)c3nc(-c4ccccc4)n(-c4nnn(C)n4)c3CC[C@@H]12. The summed E-state index contributed by atoms with van der Waals surface area (Å²) in [5.74, 6) is 2.22. The van der Waals surface area contributed by atoms with Gasteiger partial charge in [-0.3, -0.25) is 9.36 Å². The molecule has 0 unspecified atom stereocenters. The van der Waals surface area contributed by atoms with E-state index < -0.39 is 0 Å². The van der Waals surface area contributed by atoms with Gasteiger partial charge < -0.3 is 0 Å². The number of ketones is 1. The Morgan fingerprint density at radius 1 is 1.18 bits per heavy atom. The summed E-state index contributed by atoms with van der Waals surface area (Å²) < 4.78 is 2.07. The van der Waals surface area contributed by atoms with E-state index in [0.717, 1.165) is 42.0 Å². The molecule has 0 radical (unpaired) electrons. The number of nitrogens with zero attached hydrogens (tertiary/aromatic N) is 6. The van der Waals surface area contributed by atoms with E-state index in [1.165, 1.54) is 4.80 Å². The first kappa shape index (κ1) is 17.3. The van der Waals surface area contributed by atoms with Gasteiger partial charge in [-0.2, -0.15) is 4.80 Å². The smallest absolute Gasteiger partial charge is 0.276 e. The third kappa shape index (κ3) is 2.38. The van der Waals surface area contributed by atoms with Gasteiger partial charge in [-0.15, -0.1) is 5.10 Å². The van der Waals surface area contributed by atoms with E-state index in [-0.39, 0.29) is 11.3 Å². The van der Waals surface area contributed by atoms with Crippen LogP contribution in [0.2, 0.25) is 0 Å². The third-order valence-corrected chi connectivity index (χ3v) is 6.76. The molecule has 0 N–H and O–H groups in total. The highest BCUT2D eigenvalue weighted by Gasteiger charge is 2.50. The summed E-state index contributed by atoms with van der Waals surface area (Å²) in [4.78, 5) is 19.0. The van der Waals surface area contributed by atoms with E-state index in [4.69, 9.17) is 4.98 Å². The number of benzene rings is 1. The molecule has 7 nitrogen and oxygen atoms in total. The van der Waals surface area contributed by atoms with Crippen molar-refractivity contribution in [2.24, 2.45) is 18.9 Å². The molecule has 28 heavy (non-hydrogen) atoms. The van der Waals surface area contributed by atoms with Gasteiger partial charge in [-0.1, -0.05) is 49.3 Å². The normalized spacial score (nSPS) is 26.8. The molecule has 2 aromatic heterocycles. The lowest BCUT2D eigenvalue weighted by Crippen LogP contribution is -2.47. The Morgan fingerprint density at radius 3 is 2.68 bits per heavy atom. The molecule has 2 aliphatic rings. The Hall–Kier alpha value is -2.83. The molecule has 0 amide bonds. The van der Waals surface area contributed by atoms with E-state index in [0.29, 0.717) is 24.1 Å². The van der Waals surface area contributed by atoms with Gasteiger partial charge in [-0.25, -0.2) is 4.98 Å². The van der Waals surface area contributed by atoms with E-state index in [1.54, 1.807) is 7.05 Å². The van der Waals surface area contributed by atoms with Crippen LogP contribution in [0.4, 0.5) is 0 Å². The molecule has 0 bridgehead atoms. The Labute approximate surface area is 163 Å². The molecule has 1 saturated carbocycles. The fraction of sp³-hybridized carbons (Fsp3) is 0.476. The number of hydrogen-bond donors (Lipinski definition) is 0. The largest absolute Gasteiger partial charge is 0.299 e. The van der Waals surface area contributed by atoms with Crippen LogP contribution in [-0.2, 0) is 23.7 Å². The maximum atomic E-state index is 12.4. The summed E-state index contributed by atoms with van der Waals surface area (Å²) in [5.41, 5.74) is 3.20. The van der Waals surface area contributed by atoms with Gasteiger partial charge in [0.15, 0.2) is 0 Å². The number of carbonyl (C=O) groups is 1. The van der Waals surface area contributed by atoms with Gasteiger partial charge in [0, 0.05) is 29.0 Å². The maximum absolute atomic E-state index is 12.4. The fourth-order valence-electron chi connectivity index (χ4n) is 5.23. The van der Waals surface area contributed by atoms with Crippen LogP contribution < -0.4 is 0 Å². The number of aromatic nitrogens is 6. The lowest BCUT2D eigenvalue weighted by atomic mass is 9.57. The molecular formula is C21H24N6O. The zero-order valence-corrected chi connectivity index (χ0v) is 16.5. The zero-order chi connectivity index (χ0) is 19.5. The predicted octanol–water partition coefficient (Wildman–Crippen LogP) is 2.88. The van der Waals surface area contributed by atoms with Crippen molar-refractivity contribution in [3.63, 3.8) is 0 Å². The van der Waals surface area contributed by atoms with Crippen molar-refractivity contribution in [2.45, 2.75) is 44.9 Å². The summed E-state index contributed by atoms with van der Waals surface area (Å²) in [7, 11) is 1.77. The zero-order valence-electron chi connectivity index (χ0n) is 16.5. The second-order valence-electron chi connectivity index (χ2n) is 8.33. The lowest BCUT2D eigenvalue weighted by molar-refractivity contribution is -0.128. The highest BCUT2D eigenvalue weighted by molar-refractivity contribution is 5.82. The van der Waals surface area contributed by atoms with Crippen LogP contribution >= 0.6 is 0 Å². The number of imidazole rings is 1. The van der Waals surface area contributed by atoms with Crippen molar-refractivity contribution >= 4 is 5.78 Å². The van der Waals surface area contributed by atoms with Gasteiger partial charge in [-0.05, 0) is 30.4 Å². The van der Waals surface area contributed by atoms with Crippen molar-refractivity contribution in [3.8, 4) is 17.3 Å². The van der Waals surface area contributed by atoms with Crippen molar-refractivity contribution in [3.05, 3.63) is 41.7 Å². The third-order valence-electron chi connectivity index (χ3n) is 6.76. The number of aryl methyl sites for hydroxylation is 1. The van der Waals surface area contributed by atoms with Gasteiger partial charge in [0.1, 0.15) is 11.6 Å². The summed E-state index contributed by atoms with van der Waals surface area (Å²) in [6, 6.07) is 10.2. The molecule has 3 atom stereocenters. The van der Waals surface area contributed by atoms with Crippen molar-refractivity contribution in [1.29, 1.82) is 0 Å². The van der Waals surface area contributed by atoms with Crippen molar-refractivity contribution in [1.82, 2.24) is 29.8 Å². The molecule has 0 aliphatic heterocycles. The molecule has 1 fully saturated rings. The average molecular weight is 376 g/mol. The Kier molecular flexibility index (Phi) is 3.76. The van der Waals surface area contributed by atoms with Crippen LogP contribution in [0.25, 0.3) is 17.3 Å². The summed E-state index contributed by atoms with van der Waals surface area (Å²) >= 11 is 0. The Balaban J connectivity index is 1.74. The molecule has 2 aliphatic carbocycles. The van der Waals surface area contributed by atoms with E-state index >= 15 is 0 Å². The van der Waals surface area contributed by atoms with Crippen LogP contribution in [-0.4, -0.2) is 35.5 Å². The number of carbonyl (C=O) groups excluding carboxylic acids is 1. The minimum atomic E-state index is -0.0993. The first-order valence-corrected chi connectivity index (χ1v) is 9.93. The summed E-state index contributed by atoms with van der Waals surface area (Å²) in [5, 5.41) is 12.8. The molecule has 3 aromatic rings. The minimum absolute atomic E-state index is 0.0897. The highest BCUT2D eigenvalue weighted by atomic mass is 16.1. The van der Waals surface area contributed by atoms with Crippen LogP contribution in [0.15, 0.2) is 30.3 Å². The van der Waals surface area contributed by atoms with E-state index in [1.807, 2.05) is 18.2 Å². The molecule has 7 heteroatoms. The summed E-state index contributed by atoms with van der Waals surface area (Å²) in [6.45, 7) is 4.38. The van der Waals surface area contributed by atoms with Crippen LogP contribution in [0.1, 0.15) is 44.5 Å². The standard InChI is InChI=1S/C21H24N6O/c1-13-15-9-10-16-18(21(15,2)12-11-17(13)28)22-19(14-7-5-4-6-8-14)27(16)20-23-25-26(3)24-20/h4-8,13,15H,9-12H2,1-3H3/t13-,15-,21-/m0/s1. The monoisotopic (exact) mass is 376 g/mol. The Morgan fingerprint density at radius 2 is 1.96 bits per heavy atom. The predicted molar refractivity (Wildman–Crippen MR) is 104 cm³/mol. The molecule has 0 saturated heterocycles. The quantitative estimate of drug-likeness (QED) is 0.687. The number of rotatable bonds is 2. The fourth-order valence-corrected chi connectivity index (χ4v) is 5.23. The van der Waals surface area contributed by atoms with E-state index in [2.05, 4.69) is 46.0 Å². The lowest BCUT2D eigenvalue weighted by Gasteiger charge is -2.46. The van der Waals surface area contributed by atoms with Crippen LogP contribution in [0.3, 0.4) is 0 Å². The number of hydrogen-bond acceptors (Lipinski definition) is 5. The van der Waals surface area contributed by atoms with Gasteiger partial charge >= 0.3 is 0 Å². The Bertz CT molecular complexity index is 1050. The topological polar surface area (TPSA) is 78.5 Å². The molecule has 5 rings (SSSR count). The maximum Gasteiger partial charge on any atom is 0.276 e. The van der Waals surface area contributed by atoms with E-state index in [9.17, 15) is 4.79 Å². The molecule has 144 valence electrons. The molecule has 1 aromatic carbocycles. The second kappa shape index (κ2) is 6.09. The van der Waals surface area contributed by atoms with Crippen LogP contribution in [0, 0.1) is 11.8 Å². The first-order chi connectivity index (χ1) is 13.5. The average Bonchev–Trinajstić information content (AvgIpc) is 3.30. The van der Waals surface area contributed by atoms with Crippen molar-refractivity contribution < 1.29 is 4.79 Å². The minimum Gasteiger partial charge on any atom is -0.299 e. The highest BCUT2D eigenvalue weighted by Crippen LogP contribution is 2.51. The molecule has 2 heterocycles. The molecular weight excluding hydrogens is 352 g/mol. The molecule has 0 spiro atoms. The van der Waals surface area contributed by atoms with Gasteiger partial charge in [0.25, 0.3) is 5.95 Å². The van der Waals surface area contributed by atoms with Crippen LogP contribution in [0.5, 0.6) is 0 Å². The van der Waals surface area contributed by atoms with Gasteiger partial charge in [0.05, 0.1) is 12.7 Å².